The molecule has 39 heavy (non-hydrogen) atoms. The molecule has 1 aromatic carbocycles. The zero-order valence-corrected chi connectivity index (χ0v) is 22.7. The predicted molar refractivity (Wildman–Crippen MR) is 145 cm³/mol. The minimum atomic E-state index is -2.98. The number of alkyl halides is 2. The van der Waals surface area contributed by atoms with Gasteiger partial charge in [-0.1, -0.05) is 25.1 Å². The molecule has 1 N–H and O–H groups in total. The zero-order chi connectivity index (χ0) is 28.4. The number of aromatic amines is 1. The number of H-pyrrole nitrogens is 1. The highest BCUT2D eigenvalue weighted by atomic mass is 19.3. The van der Waals surface area contributed by atoms with E-state index in [1.54, 1.807) is 26.5 Å². The summed E-state index contributed by atoms with van der Waals surface area (Å²) < 4.78 is 37.1. The van der Waals surface area contributed by atoms with Crippen molar-refractivity contribution in [3.05, 3.63) is 80.3 Å². The van der Waals surface area contributed by atoms with Crippen LogP contribution in [0, 0.1) is 6.92 Å². The number of fused-ring (bicyclic) bond motifs is 1. The fraction of sp³-hybridized carbons (Fsp3) is 0.345. The number of benzene rings is 1. The number of nitrogens with zero attached hydrogens (tertiary/aromatic N) is 3. The Morgan fingerprint density at radius 3 is 2.46 bits per heavy atom. The first-order chi connectivity index (χ1) is 18.3. The maximum atomic E-state index is 14.0. The van der Waals surface area contributed by atoms with Crippen LogP contribution in [0.3, 0.4) is 0 Å². The van der Waals surface area contributed by atoms with Gasteiger partial charge in [-0.3, -0.25) is 14.4 Å². The van der Waals surface area contributed by atoms with Crippen molar-refractivity contribution in [3.63, 3.8) is 0 Å². The maximum Gasteiger partial charge on any atom is 0.274 e. The molecule has 10 heteroatoms. The topological polar surface area (TPSA) is 89.3 Å². The highest BCUT2D eigenvalue weighted by Gasteiger charge is 2.71. The smallest absolute Gasteiger partial charge is 0.274 e. The van der Waals surface area contributed by atoms with Crippen LogP contribution in [-0.2, 0) is 20.5 Å². The number of halogens is 2. The van der Waals surface area contributed by atoms with E-state index >= 15 is 0 Å². The van der Waals surface area contributed by atoms with E-state index < -0.39 is 29.3 Å². The zero-order valence-electron chi connectivity index (χ0n) is 22.7. The summed E-state index contributed by atoms with van der Waals surface area (Å²) in [5, 5.41) is 0.376. The third-order valence-electron chi connectivity index (χ3n) is 7.84. The number of para-hydroxylation sites is 1. The van der Waals surface area contributed by atoms with Crippen LogP contribution in [0.25, 0.3) is 22.0 Å². The molecule has 0 saturated heterocycles. The second kappa shape index (κ2) is 8.93. The molecule has 3 heterocycles. The molecule has 0 aliphatic heterocycles. The van der Waals surface area contributed by atoms with Gasteiger partial charge in [0.05, 0.1) is 6.20 Å². The molecule has 1 aliphatic carbocycles. The molecule has 1 atom stereocenters. The van der Waals surface area contributed by atoms with E-state index in [0.29, 0.717) is 28.0 Å². The van der Waals surface area contributed by atoms with Crippen molar-refractivity contribution in [3.8, 4) is 22.6 Å². The summed E-state index contributed by atoms with van der Waals surface area (Å²) in [5.74, 6) is -2.58. The number of amides is 1. The average molecular weight is 537 g/mol. The molecule has 1 unspecified atom stereocenters. The molecule has 8 nitrogen and oxygen atoms in total. The highest BCUT2D eigenvalue weighted by Crippen LogP contribution is 2.56. The Hall–Kier alpha value is -4.21. The molecule has 1 amide bonds. The summed E-state index contributed by atoms with van der Waals surface area (Å²) in [4.78, 5) is 42.9. The lowest BCUT2D eigenvalue weighted by atomic mass is 10.0. The fourth-order valence-corrected chi connectivity index (χ4v) is 4.97. The van der Waals surface area contributed by atoms with Crippen molar-refractivity contribution in [2.75, 3.05) is 7.05 Å². The second-order valence-corrected chi connectivity index (χ2v) is 10.5. The van der Waals surface area contributed by atoms with Crippen molar-refractivity contribution in [2.45, 2.75) is 45.1 Å². The van der Waals surface area contributed by atoms with Crippen molar-refractivity contribution >= 4 is 16.8 Å². The van der Waals surface area contributed by atoms with Gasteiger partial charge < -0.3 is 23.8 Å². The number of ether oxygens (including phenoxy) is 1. The van der Waals surface area contributed by atoms with E-state index in [1.807, 2.05) is 32.0 Å². The van der Waals surface area contributed by atoms with Gasteiger partial charge in [0.1, 0.15) is 22.5 Å². The Morgan fingerprint density at radius 2 is 1.82 bits per heavy atom. The van der Waals surface area contributed by atoms with Crippen molar-refractivity contribution in [1.29, 1.82) is 0 Å². The Kier molecular flexibility index (Phi) is 6.04. The molecule has 5 rings (SSSR count). The lowest BCUT2D eigenvalue weighted by molar-refractivity contribution is 0.0333. The van der Waals surface area contributed by atoms with Crippen LogP contribution in [0.1, 0.15) is 41.9 Å². The quantitative estimate of drug-likeness (QED) is 0.385. The first-order valence-corrected chi connectivity index (χ1v) is 12.6. The summed E-state index contributed by atoms with van der Waals surface area (Å²) in [6, 6.07) is 8.75. The summed E-state index contributed by atoms with van der Waals surface area (Å²) >= 11 is 0. The van der Waals surface area contributed by atoms with Gasteiger partial charge in [-0.25, -0.2) is 8.78 Å². The van der Waals surface area contributed by atoms with E-state index in [0.717, 1.165) is 22.4 Å². The number of nitrogens with one attached hydrogen (secondary N) is 1. The number of aromatic nitrogens is 3. The average Bonchev–Trinajstić information content (AvgIpc) is 3.20. The molecule has 4 aromatic rings. The van der Waals surface area contributed by atoms with Crippen LogP contribution in [0.4, 0.5) is 8.78 Å². The number of carbonyl (C=O) groups is 1. The number of hydrogen-bond acceptors (Lipinski definition) is 4. The first kappa shape index (κ1) is 26.4. The van der Waals surface area contributed by atoms with E-state index in [2.05, 4.69) is 4.98 Å². The van der Waals surface area contributed by atoms with Crippen LogP contribution < -0.4 is 15.9 Å². The van der Waals surface area contributed by atoms with Crippen molar-refractivity contribution < 1.29 is 18.3 Å². The first-order valence-electron chi connectivity index (χ1n) is 12.6. The third-order valence-corrected chi connectivity index (χ3v) is 7.84. The Bertz CT molecular complexity index is 1770. The number of hydrogen-bond donors (Lipinski definition) is 1. The molecule has 0 spiro atoms. The van der Waals surface area contributed by atoms with Crippen molar-refractivity contribution in [1.82, 2.24) is 19.0 Å². The summed E-state index contributed by atoms with van der Waals surface area (Å²) in [7, 11) is 4.50. The maximum absolute atomic E-state index is 14.0. The van der Waals surface area contributed by atoms with Crippen molar-refractivity contribution in [2.24, 2.45) is 14.1 Å². The second-order valence-electron chi connectivity index (χ2n) is 10.5. The van der Waals surface area contributed by atoms with E-state index in [1.165, 1.54) is 35.2 Å². The van der Waals surface area contributed by atoms with Gasteiger partial charge in [-0.15, -0.1) is 0 Å². The summed E-state index contributed by atoms with van der Waals surface area (Å²) in [6.07, 6.45) is 3.47. The molecule has 1 fully saturated rings. The van der Waals surface area contributed by atoms with E-state index in [9.17, 15) is 23.2 Å². The van der Waals surface area contributed by atoms with Gasteiger partial charge >= 0.3 is 0 Å². The monoisotopic (exact) mass is 536 g/mol. The third kappa shape index (κ3) is 4.14. The van der Waals surface area contributed by atoms with Gasteiger partial charge in [0, 0.05) is 56.3 Å². The largest absolute Gasteiger partial charge is 0.455 e. The Morgan fingerprint density at radius 1 is 1.13 bits per heavy atom. The number of carbonyl (C=O) groups excluding carboxylic acids is 1. The molecule has 1 saturated carbocycles. The van der Waals surface area contributed by atoms with Crippen LogP contribution in [0.15, 0.2) is 52.3 Å². The summed E-state index contributed by atoms with van der Waals surface area (Å²) in [6.45, 7) is 5.29. The Labute approximate surface area is 223 Å². The molecule has 0 radical (unpaired) electrons. The van der Waals surface area contributed by atoms with Crippen LogP contribution in [0.5, 0.6) is 11.5 Å². The van der Waals surface area contributed by atoms with Gasteiger partial charge in [0.2, 0.25) is 0 Å². The standard InChI is InChI=1S/C29H30F2N4O4/c1-7-17-10-8-9-16(2)25(17)39-22-14-33(4)23(36)12-18(22)20-13-34(5)27(38)24-19(20)11-21(32-24)26(37)35(6)28(3)15-29(28,30)31/h8-14,32H,7,15H2,1-6H3. The van der Waals surface area contributed by atoms with E-state index in [4.69, 9.17) is 4.74 Å². The number of aryl methyl sites for hydroxylation is 4. The number of pyridine rings is 2. The lowest BCUT2D eigenvalue weighted by Gasteiger charge is -2.24. The normalized spacial score (nSPS) is 17.8. The highest BCUT2D eigenvalue weighted by molar-refractivity contribution is 6.03. The van der Waals surface area contributed by atoms with Crippen LogP contribution in [0.2, 0.25) is 0 Å². The molecule has 0 bridgehead atoms. The number of rotatable bonds is 6. The molecular weight excluding hydrogens is 506 g/mol. The van der Waals surface area contributed by atoms with Gasteiger partial charge in [0.25, 0.3) is 22.9 Å². The SMILES string of the molecule is CCc1cccc(C)c1Oc1cn(C)c(=O)cc1-c1cn(C)c(=O)c2[nH]c(C(=O)N(C)C3(C)CC3(F)F)cc12. The Balaban J connectivity index is 1.69. The van der Waals surface area contributed by atoms with Crippen LogP contribution in [-0.4, -0.2) is 43.4 Å². The fourth-order valence-electron chi connectivity index (χ4n) is 4.97. The minimum absolute atomic E-state index is 0.000509. The molecular formula is C29H30F2N4O4. The predicted octanol–water partition coefficient (Wildman–Crippen LogP) is 4.77. The van der Waals surface area contributed by atoms with Gasteiger partial charge in [-0.2, -0.15) is 0 Å². The van der Waals surface area contributed by atoms with Crippen LogP contribution >= 0.6 is 0 Å². The summed E-state index contributed by atoms with van der Waals surface area (Å²) in [5.41, 5.74) is 0.643. The molecule has 3 aromatic heterocycles. The van der Waals surface area contributed by atoms with E-state index in [-0.39, 0.29) is 16.8 Å². The minimum Gasteiger partial charge on any atom is -0.455 e. The molecule has 1 aliphatic rings. The molecule has 204 valence electrons. The lowest BCUT2D eigenvalue weighted by Crippen LogP contribution is -2.41. The van der Waals surface area contributed by atoms with Gasteiger partial charge in [-0.05, 0) is 37.5 Å². The van der Waals surface area contributed by atoms with Gasteiger partial charge in [0.15, 0.2) is 5.75 Å².